The number of fused-ring (bicyclic) bond motifs is 1. The predicted octanol–water partition coefficient (Wildman–Crippen LogP) is 4.46. The number of ether oxygens (including phenoxy) is 3. The molecule has 0 aliphatic carbocycles. The maximum absolute atomic E-state index is 6.26. The molecule has 2 heterocycles. The summed E-state index contributed by atoms with van der Waals surface area (Å²) < 4.78 is 22.0. The highest BCUT2D eigenvalue weighted by Gasteiger charge is 2.17. The van der Waals surface area contributed by atoms with E-state index < -0.39 is 0 Å². The lowest BCUT2D eigenvalue weighted by Crippen LogP contribution is -2.15. The Bertz CT molecular complexity index is 914. The van der Waals surface area contributed by atoms with Crippen LogP contribution in [0.4, 0.5) is 0 Å². The predicted molar refractivity (Wildman–Crippen MR) is 98.3 cm³/mol. The Morgan fingerprint density at radius 1 is 1.12 bits per heavy atom. The molecule has 0 saturated heterocycles. The summed E-state index contributed by atoms with van der Waals surface area (Å²) in [5, 5.41) is 9.21. The van der Waals surface area contributed by atoms with Crippen molar-refractivity contribution in [3.05, 3.63) is 47.0 Å². The fourth-order valence-corrected chi connectivity index (χ4v) is 3.49. The van der Waals surface area contributed by atoms with Gasteiger partial charge in [-0.1, -0.05) is 23.4 Å². The van der Waals surface area contributed by atoms with Crippen molar-refractivity contribution in [2.24, 2.45) is 0 Å². The van der Waals surface area contributed by atoms with E-state index in [2.05, 4.69) is 10.2 Å². The van der Waals surface area contributed by atoms with E-state index in [-0.39, 0.29) is 0 Å². The minimum Gasteiger partial charge on any atom is -0.497 e. The van der Waals surface area contributed by atoms with E-state index in [1.54, 1.807) is 7.11 Å². The van der Waals surface area contributed by atoms with Crippen LogP contribution in [-0.4, -0.2) is 30.5 Å². The Morgan fingerprint density at radius 3 is 2.73 bits per heavy atom. The van der Waals surface area contributed by atoms with Gasteiger partial charge < -0.3 is 18.6 Å². The molecule has 0 saturated carbocycles. The van der Waals surface area contributed by atoms with Crippen molar-refractivity contribution in [1.82, 2.24) is 10.2 Å². The summed E-state index contributed by atoms with van der Waals surface area (Å²) in [7, 11) is 1.63. The lowest BCUT2D eigenvalue weighted by atomic mass is 10.2. The summed E-state index contributed by atoms with van der Waals surface area (Å²) >= 11 is 7.70. The molecule has 134 valence electrons. The highest BCUT2D eigenvalue weighted by molar-refractivity contribution is 7.98. The first kappa shape index (κ1) is 17.1. The number of benzene rings is 2. The lowest BCUT2D eigenvalue weighted by Gasteiger charge is -2.20. The van der Waals surface area contributed by atoms with Crippen LogP contribution in [0.5, 0.6) is 17.2 Å². The molecule has 0 radical (unpaired) electrons. The van der Waals surface area contributed by atoms with Gasteiger partial charge >= 0.3 is 0 Å². The van der Waals surface area contributed by atoms with Gasteiger partial charge in [0.05, 0.1) is 12.1 Å². The van der Waals surface area contributed by atoms with Crippen molar-refractivity contribution < 1.29 is 18.6 Å². The molecule has 0 spiro atoms. The van der Waals surface area contributed by atoms with Crippen LogP contribution in [0.15, 0.2) is 46.0 Å². The van der Waals surface area contributed by atoms with E-state index in [1.807, 2.05) is 36.4 Å². The van der Waals surface area contributed by atoms with Crippen molar-refractivity contribution in [3.8, 4) is 28.7 Å². The zero-order chi connectivity index (χ0) is 17.9. The maximum Gasteiger partial charge on any atom is 0.277 e. The van der Waals surface area contributed by atoms with Crippen LogP contribution in [0.25, 0.3) is 11.5 Å². The van der Waals surface area contributed by atoms with E-state index in [1.165, 1.54) is 11.8 Å². The molecule has 3 aromatic rings. The third-order valence-corrected chi connectivity index (χ3v) is 4.93. The molecule has 1 aliphatic heterocycles. The molecular formula is C18H15ClN2O4S. The number of hydrogen-bond acceptors (Lipinski definition) is 7. The lowest BCUT2D eigenvalue weighted by molar-refractivity contribution is 0.171. The molecule has 0 atom stereocenters. The van der Waals surface area contributed by atoms with Gasteiger partial charge in [0.15, 0.2) is 11.5 Å². The SMILES string of the molecule is COc1ccc(-c2nnc(SCc3cc(Cl)c4c(c3)OCCO4)o2)cc1. The zero-order valence-corrected chi connectivity index (χ0v) is 15.5. The highest BCUT2D eigenvalue weighted by atomic mass is 35.5. The summed E-state index contributed by atoms with van der Waals surface area (Å²) in [6.07, 6.45) is 0. The number of thioether (sulfide) groups is 1. The molecule has 0 unspecified atom stereocenters. The number of methoxy groups -OCH3 is 1. The zero-order valence-electron chi connectivity index (χ0n) is 13.9. The molecular weight excluding hydrogens is 376 g/mol. The number of halogens is 1. The summed E-state index contributed by atoms with van der Waals surface area (Å²) in [5.74, 6) is 3.14. The van der Waals surface area contributed by atoms with Gasteiger partial charge in [0.2, 0.25) is 5.89 Å². The molecule has 0 fully saturated rings. The third kappa shape index (κ3) is 3.59. The summed E-state index contributed by atoms with van der Waals surface area (Å²) in [4.78, 5) is 0. The second-order valence-electron chi connectivity index (χ2n) is 5.49. The van der Waals surface area contributed by atoms with Gasteiger partial charge in [-0.15, -0.1) is 10.2 Å². The standard InChI is InChI=1S/C18H15ClN2O4S/c1-22-13-4-2-12(3-5-13)17-20-21-18(25-17)26-10-11-8-14(19)16-15(9-11)23-6-7-24-16/h2-5,8-9H,6-7,10H2,1H3. The van der Waals surface area contributed by atoms with Gasteiger partial charge in [-0.2, -0.15) is 0 Å². The smallest absolute Gasteiger partial charge is 0.277 e. The highest BCUT2D eigenvalue weighted by Crippen LogP contribution is 2.39. The molecule has 26 heavy (non-hydrogen) atoms. The van der Waals surface area contributed by atoms with Crippen LogP contribution in [0.3, 0.4) is 0 Å². The van der Waals surface area contributed by atoms with Crippen molar-refractivity contribution >= 4 is 23.4 Å². The number of aromatic nitrogens is 2. The monoisotopic (exact) mass is 390 g/mol. The van der Waals surface area contributed by atoms with Gasteiger partial charge in [0.1, 0.15) is 19.0 Å². The molecule has 0 bridgehead atoms. The van der Waals surface area contributed by atoms with E-state index in [9.17, 15) is 0 Å². The molecule has 1 aliphatic rings. The van der Waals surface area contributed by atoms with E-state index in [0.29, 0.717) is 46.6 Å². The van der Waals surface area contributed by atoms with E-state index >= 15 is 0 Å². The summed E-state index contributed by atoms with van der Waals surface area (Å²) in [5.41, 5.74) is 1.83. The van der Waals surface area contributed by atoms with Gasteiger partial charge in [-0.25, -0.2) is 0 Å². The quantitative estimate of drug-likeness (QED) is 0.595. The average Bonchev–Trinajstić information content (AvgIpc) is 3.15. The Balaban J connectivity index is 1.45. The number of rotatable bonds is 5. The van der Waals surface area contributed by atoms with Crippen LogP contribution in [-0.2, 0) is 5.75 Å². The van der Waals surface area contributed by atoms with Gasteiger partial charge in [-0.3, -0.25) is 0 Å². The van der Waals surface area contributed by atoms with Crippen LogP contribution in [0.2, 0.25) is 5.02 Å². The normalized spacial score (nSPS) is 12.8. The van der Waals surface area contributed by atoms with Crippen molar-refractivity contribution in [2.75, 3.05) is 20.3 Å². The van der Waals surface area contributed by atoms with Crippen molar-refractivity contribution in [3.63, 3.8) is 0 Å². The molecule has 0 amide bonds. The van der Waals surface area contributed by atoms with Crippen LogP contribution in [0.1, 0.15) is 5.56 Å². The number of nitrogens with zero attached hydrogens (tertiary/aromatic N) is 2. The second kappa shape index (κ2) is 7.47. The maximum atomic E-state index is 6.26. The Kier molecular flexibility index (Phi) is 4.90. The topological polar surface area (TPSA) is 66.6 Å². The van der Waals surface area contributed by atoms with Crippen molar-refractivity contribution in [1.29, 1.82) is 0 Å². The third-order valence-electron chi connectivity index (χ3n) is 3.76. The fourth-order valence-electron chi connectivity index (χ4n) is 2.51. The molecule has 6 nitrogen and oxygen atoms in total. The fraction of sp³-hybridized carbons (Fsp3) is 0.222. The van der Waals surface area contributed by atoms with Crippen LogP contribution in [0, 0.1) is 0 Å². The Labute approximate surface area is 159 Å². The first-order valence-corrected chi connectivity index (χ1v) is 9.28. The first-order chi connectivity index (χ1) is 12.7. The minimum atomic E-state index is 0.468. The van der Waals surface area contributed by atoms with Gasteiger partial charge in [0.25, 0.3) is 5.22 Å². The molecule has 4 rings (SSSR count). The average molecular weight is 391 g/mol. The van der Waals surface area contributed by atoms with Crippen LogP contribution < -0.4 is 14.2 Å². The minimum absolute atomic E-state index is 0.468. The second-order valence-corrected chi connectivity index (χ2v) is 6.83. The molecule has 2 aromatic carbocycles. The largest absolute Gasteiger partial charge is 0.497 e. The van der Waals surface area contributed by atoms with Crippen LogP contribution >= 0.6 is 23.4 Å². The molecule has 8 heteroatoms. The van der Waals surface area contributed by atoms with Gasteiger partial charge in [-0.05, 0) is 42.0 Å². The van der Waals surface area contributed by atoms with E-state index in [4.69, 9.17) is 30.2 Å². The Morgan fingerprint density at radius 2 is 1.92 bits per heavy atom. The Hall–Kier alpha value is -2.38. The molecule has 0 N–H and O–H groups in total. The summed E-state index contributed by atoms with van der Waals surface area (Å²) in [6, 6.07) is 11.2. The van der Waals surface area contributed by atoms with Crippen molar-refractivity contribution in [2.45, 2.75) is 11.0 Å². The molecule has 1 aromatic heterocycles. The summed E-state index contributed by atoms with van der Waals surface area (Å²) in [6.45, 7) is 1.03. The first-order valence-electron chi connectivity index (χ1n) is 7.91. The van der Waals surface area contributed by atoms with Gasteiger partial charge in [0, 0.05) is 11.3 Å². The number of hydrogen-bond donors (Lipinski definition) is 0. The van der Waals surface area contributed by atoms with E-state index in [0.717, 1.165) is 16.9 Å².